The minimum absolute atomic E-state index is 0.777. The average molecular weight is 250 g/mol. The monoisotopic (exact) mass is 250 g/mol. The summed E-state index contributed by atoms with van der Waals surface area (Å²) in [5, 5.41) is 3.81. The van der Waals surface area contributed by atoms with Crippen molar-refractivity contribution < 1.29 is 0 Å². The van der Waals surface area contributed by atoms with E-state index in [2.05, 4.69) is 24.1 Å². The lowest BCUT2D eigenvalue weighted by Gasteiger charge is -2.42. The van der Waals surface area contributed by atoms with Crippen LogP contribution in [0.15, 0.2) is 0 Å². The second-order valence-corrected chi connectivity index (χ2v) is 7.24. The fourth-order valence-electron chi connectivity index (χ4n) is 3.57. The van der Waals surface area contributed by atoms with Crippen LogP contribution in [0.3, 0.4) is 0 Å². The second-order valence-electron chi connectivity index (χ2n) is 7.24. The van der Waals surface area contributed by atoms with Crippen molar-refractivity contribution in [3.8, 4) is 0 Å². The predicted molar refractivity (Wildman–Crippen MR) is 76.7 cm³/mol. The molecule has 0 amide bonds. The summed E-state index contributed by atoms with van der Waals surface area (Å²) >= 11 is 0. The molecule has 3 rings (SSSR count). The second kappa shape index (κ2) is 5.50. The summed E-state index contributed by atoms with van der Waals surface area (Å²) in [4.78, 5) is 2.81. The van der Waals surface area contributed by atoms with Gasteiger partial charge in [0.05, 0.1) is 0 Å². The summed E-state index contributed by atoms with van der Waals surface area (Å²) in [6.07, 6.45) is 8.90. The maximum atomic E-state index is 3.81. The molecule has 18 heavy (non-hydrogen) atoms. The molecule has 2 heteroatoms. The van der Waals surface area contributed by atoms with Gasteiger partial charge in [0, 0.05) is 25.2 Å². The average Bonchev–Trinajstić information content (AvgIpc) is 3.22. The number of piperazine rings is 1. The third kappa shape index (κ3) is 3.27. The van der Waals surface area contributed by atoms with Gasteiger partial charge in [-0.05, 0) is 50.0 Å². The topological polar surface area (TPSA) is 15.3 Å². The Bertz CT molecular complexity index is 268. The van der Waals surface area contributed by atoms with Crippen LogP contribution in [0.4, 0.5) is 0 Å². The van der Waals surface area contributed by atoms with E-state index in [1.54, 1.807) is 0 Å². The zero-order valence-corrected chi connectivity index (χ0v) is 12.2. The van der Waals surface area contributed by atoms with Crippen LogP contribution in [0.2, 0.25) is 0 Å². The van der Waals surface area contributed by atoms with Crippen LogP contribution in [-0.2, 0) is 0 Å². The van der Waals surface area contributed by atoms with Crippen LogP contribution in [0.1, 0.15) is 52.4 Å². The SMILES string of the molecule is CC(C)C1CNC(C2CC2)CN1CCCC1CC1. The van der Waals surface area contributed by atoms with Crippen molar-refractivity contribution in [2.45, 2.75) is 64.5 Å². The van der Waals surface area contributed by atoms with Gasteiger partial charge in [-0.2, -0.15) is 0 Å². The van der Waals surface area contributed by atoms with E-state index in [1.807, 2.05) is 0 Å². The maximum Gasteiger partial charge on any atom is 0.0244 e. The fourth-order valence-corrected chi connectivity index (χ4v) is 3.57. The number of hydrogen-bond acceptors (Lipinski definition) is 2. The van der Waals surface area contributed by atoms with Crippen LogP contribution >= 0.6 is 0 Å². The molecular formula is C16H30N2. The van der Waals surface area contributed by atoms with E-state index in [4.69, 9.17) is 0 Å². The molecule has 2 atom stereocenters. The molecule has 1 saturated heterocycles. The molecule has 1 heterocycles. The molecular weight excluding hydrogens is 220 g/mol. The van der Waals surface area contributed by atoms with E-state index in [9.17, 15) is 0 Å². The molecule has 0 aromatic carbocycles. The van der Waals surface area contributed by atoms with Crippen molar-refractivity contribution in [3.63, 3.8) is 0 Å². The Labute approximate surface area is 113 Å². The Balaban J connectivity index is 1.49. The van der Waals surface area contributed by atoms with Gasteiger partial charge in [-0.15, -0.1) is 0 Å². The molecule has 2 saturated carbocycles. The number of nitrogens with zero attached hydrogens (tertiary/aromatic N) is 1. The fraction of sp³-hybridized carbons (Fsp3) is 1.00. The standard InChI is InChI=1S/C16H30N2/c1-12(2)16-10-17-15(14-7-8-14)11-18(16)9-3-4-13-5-6-13/h12-17H,3-11H2,1-2H3. The zero-order valence-electron chi connectivity index (χ0n) is 12.2. The third-order valence-electron chi connectivity index (χ3n) is 5.20. The molecule has 1 N–H and O–H groups in total. The lowest BCUT2D eigenvalue weighted by molar-refractivity contribution is 0.0901. The lowest BCUT2D eigenvalue weighted by Crippen LogP contribution is -2.59. The Morgan fingerprint density at radius 1 is 1.17 bits per heavy atom. The molecule has 0 bridgehead atoms. The first-order valence-electron chi connectivity index (χ1n) is 8.21. The molecule has 0 aromatic rings. The van der Waals surface area contributed by atoms with Gasteiger partial charge in [0.2, 0.25) is 0 Å². The highest BCUT2D eigenvalue weighted by molar-refractivity contribution is 4.95. The van der Waals surface area contributed by atoms with Crippen LogP contribution in [0, 0.1) is 17.8 Å². The minimum atomic E-state index is 0.777. The first kappa shape index (κ1) is 12.9. The smallest absolute Gasteiger partial charge is 0.0244 e. The van der Waals surface area contributed by atoms with Crippen LogP contribution in [0.5, 0.6) is 0 Å². The first-order chi connectivity index (χ1) is 8.74. The summed E-state index contributed by atoms with van der Waals surface area (Å²) in [5.41, 5.74) is 0. The predicted octanol–water partition coefficient (Wildman–Crippen LogP) is 2.89. The molecule has 2 unspecified atom stereocenters. The van der Waals surface area contributed by atoms with Crippen molar-refractivity contribution in [2.75, 3.05) is 19.6 Å². The van der Waals surface area contributed by atoms with Crippen molar-refractivity contribution in [3.05, 3.63) is 0 Å². The molecule has 104 valence electrons. The van der Waals surface area contributed by atoms with Crippen molar-refractivity contribution >= 4 is 0 Å². The van der Waals surface area contributed by atoms with Gasteiger partial charge in [-0.25, -0.2) is 0 Å². The quantitative estimate of drug-likeness (QED) is 0.780. The highest BCUT2D eigenvalue weighted by Gasteiger charge is 2.37. The number of rotatable bonds is 6. The maximum absolute atomic E-state index is 3.81. The van der Waals surface area contributed by atoms with Gasteiger partial charge in [-0.3, -0.25) is 4.90 Å². The van der Waals surface area contributed by atoms with E-state index in [1.165, 1.54) is 58.2 Å². The van der Waals surface area contributed by atoms with Gasteiger partial charge in [0.1, 0.15) is 0 Å². The van der Waals surface area contributed by atoms with E-state index >= 15 is 0 Å². The third-order valence-corrected chi connectivity index (χ3v) is 5.20. The lowest BCUT2D eigenvalue weighted by atomic mass is 9.96. The molecule has 1 aliphatic heterocycles. The minimum Gasteiger partial charge on any atom is -0.311 e. The van der Waals surface area contributed by atoms with Gasteiger partial charge in [0.15, 0.2) is 0 Å². The summed E-state index contributed by atoms with van der Waals surface area (Å²) in [7, 11) is 0. The Hall–Kier alpha value is -0.0800. The number of hydrogen-bond donors (Lipinski definition) is 1. The molecule has 3 fully saturated rings. The largest absolute Gasteiger partial charge is 0.311 e. The molecule has 0 aromatic heterocycles. The Morgan fingerprint density at radius 3 is 2.56 bits per heavy atom. The molecule has 0 spiro atoms. The van der Waals surface area contributed by atoms with Crippen LogP contribution in [0.25, 0.3) is 0 Å². The summed E-state index contributed by atoms with van der Waals surface area (Å²) < 4.78 is 0. The van der Waals surface area contributed by atoms with Crippen LogP contribution < -0.4 is 5.32 Å². The molecule has 0 radical (unpaired) electrons. The highest BCUT2D eigenvalue weighted by Crippen LogP contribution is 2.36. The first-order valence-corrected chi connectivity index (χ1v) is 8.21. The van der Waals surface area contributed by atoms with Crippen LogP contribution in [-0.4, -0.2) is 36.6 Å². The van der Waals surface area contributed by atoms with E-state index in [-0.39, 0.29) is 0 Å². The van der Waals surface area contributed by atoms with Crippen molar-refractivity contribution in [1.82, 2.24) is 10.2 Å². The normalized spacial score (nSPS) is 34.2. The molecule has 2 nitrogen and oxygen atoms in total. The molecule has 2 aliphatic carbocycles. The zero-order chi connectivity index (χ0) is 12.5. The van der Waals surface area contributed by atoms with Gasteiger partial charge in [-0.1, -0.05) is 26.7 Å². The summed E-state index contributed by atoms with van der Waals surface area (Å²) in [5.74, 6) is 2.90. The Kier molecular flexibility index (Phi) is 3.95. The number of nitrogens with one attached hydrogen (secondary N) is 1. The highest BCUT2D eigenvalue weighted by atomic mass is 15.2. The van der Waals surface area contributed by atoms with Gasteiger partial charge in [0.25, 0.3) is 0 Å². The van der Waals surface area contributed by atoms with Gasteiger partial charge < -0.3 is 5.32 Å². The van der Waals surface area contributed by atoms with Crippen molar-refractivity contribution in [2.24, 2.45) is 17.8 Å². The van der Waals surface area contributed by atoms with E-state index in [0.29, 0.717) is 0 Å². The Morgan fingerprint density at radius 2 is 1.94 bits per heavy atom. The summed E-state index contributed by atoms with van der Waals surface area (Å²) in [6, 6.07) is 1.58. The molecule has 3 aliphatic rings. The van der Waals surface area contributed by atoms with E-state index in [0.717, 1.165) is 29.8 Å². The van der Waals surface area contributed by atoms with Gasteiger partial charge >= 0.3 is 0 Å². The summed E-state index contributed by atoms with van der Waals surface area (Å²) in [6.45, 7) is 8.67. The van der Waals surface area contributed by atoms with Crippen molar-refractivity contribution in [1.29, 1.82) is 0 Å². The van der Waals surface area contributed by atoms with E-state index < -0.39 is 0 Å².